The fraction of sp³-hybridized carbons (Fsp3) is 0.129. The van der Waals surface area contributed by atoms with Crippen LogP contribution in [0.3, 0.4) is 0 Å². The molecule has 0 aliphatic carbocycles. The second-order valence-electron chi connectivity index (χ2n) is 7.86. The third-order valence-corrected chi connectivity index (χ3v) is 6.65. The number of carbonyl (C=O) groups is 1. The topological polar surface area (TPSA) is 41.1 Å². The number of hydrogen-bond acceptors (Lipinski definition) is 3. The first-order chi connectivity index (χ1) is 17.5. The largest absolute Gasteiger partial charge is 0.287 e. The van der Waals surface area contributed by atoms with Crippen LogP contribution in [0.2, 0.25) is 0 Å². The molecule has 1 amide bonds. The number of aryl methyl sites for hydroxylation is 1. The summed E-state index contributed by atoms with van der Waals surface area (Å²) in [5.41, 5.74) is 11.1. The molecule has 0 atom stereocenters. The second-order valence-corrected chi connectivity index (χ2v) is 8.94. The van der Waals surface area contributed by atoms with Gasteiger partial charge in [0.1, 0.15) is 5.82 Å². The molecule has 4 aromatic carbocycles. The van der Waals surface area contributed by atoms with Crippen LogP contribution in [-0.2, 0) is 6.54 Å². The Kier molecular flexibility index (Phi) is 10.0. The van der Waals surface area contributed by atoms with E-state index < -0.39 is 0 Å². The number of carbonyl (C=O) groups excluding carboxylic acids is 1. The molecule has 5 heteroatoms. The Morgan fingerprint density at radius 2 is 1.47 bits per heavy atom. The quantitative estimate of drug-likeness (QED) is 0.243. The van der Waals surface area contributed by atoms with E-state index in [-0.39, 0.29) is 11.7 Å². The van der Waals surface area contributed by atoms with Gasteiger partial charge in [0, 0.05) is 21.9 Å². The fourth-order valence-electron chi connectivity index (χ4n) is 3.53. The second kappa shape index (κ2) is 13.4. The van der Waals surface area contributed by atoms with Crippen LogP contribution in [0.15, 0.2) is 113 Å². The van der Waals surface area contributed by atoms with Crippen LogP contribution in [0.5, 0.6) is 0 Å². The lowest BCUT2D eigenvalue weighted by Crippen LogP contribution is -2.36. The summed E-state index contributed by atoms with van der Waals surface area (Å²) in [5, 5.41) is 0. The normalized spacial score (nSPS) is 10.2. The van der Waals surface area contributed by atoms with E-state index in [0.717, 1.165) is 37.6 Å². The van der Waals surface area contributed by atoms with Crippen molar-refractivity contribution in [3.63, 3.8) is 0 Å². The monoisotopic (exact) mass is 498 g/mol. The van der Waals surface area contributed by atoms with Gasteiger partial charge in [0.2, 0.25) is 0 Å². The molecule has 0 radical (unpaired) electrons. The molecule has 0 heterocycles. The molecule has 0 fully saturated rings. The number of halogens is 1. The summed E-state index contributed by atoms with van der Waals surface area (Å²) in [6, 6.07) is 29.9. The van der Waals surface area contributed by atoms with Crippen LogP contribution in [0.1, 0.15) is 46.5 Å². The van der Waals surface area contributed by atoms with Gasteiger partial charge in [-0.05, 0) is 71.1 Å². The van der Waals surface area contributed by atoms with Crippen LogP contribution in [-0.4, -0.2) is 5.91 Å². The van der Waals surface area contributed by atoms with Gasteiger partial charge in [-0.3, -0.25) is 10.2 Å². The third kappa shape index (κ3) is 7.17. The molecule has 0 aliphatic heterocycles. The molecule has 2 N–H and O–H groups in total. The molecule has 184 valence electrons. The SMILES string of the molecule is C=C(c1ccc(F)cc1)c1ccccc1Sc1ccc(C(=O)NNCc2ccccc2)cc1C.CC. The maximum atomic E-state index is 13.3. The number of amides is 1. The standard InChI is InChI=1S/C29H25FN2OS.C2H6/c1-20-18-24(29(33)32-31-19-22-8-4-3-5-9-22)14-17-27(20)34-28-11-7-6-10-26(28)21(2)23-12-15-25(30)16-13-23;1-2/h3-18,31H,2,19H2,1H3,(H,32,33);1-2H3. The van der Waals surface area contributed by atoms with E-state index in [1.165, 1.54) is 12.1 Å². The number of hydrazine groups is 1. The minimum atomic E-state index is -0.269. The summed E-state index contributed by atoms with van der Waals surface area (Å²) in [4.78, 5) is 14.7. The summed E-state index contributed by atoms with van der Waals surface area (Å²) in [6.45, 7) is 10.8. The van der Waals surface area contributed by atoms with Gasteiger partial charge in [-0.2, -0.15) is 0 Å². The van der Waals surface area contributed by atoms with Crippen molar-refractivity contribution in [1.82, 2.24) is 10.9 Å². The van der Waals surface area contributed by atoms with Crippen LogP contribution >= 0.6 is 11.8 Å². The van der Waals surface area contributed by atoms with Crippen molar-refractivity contribution in [2.45, 2.75) is 37.1 Å². The Labute approximate surface area is 217 Å². The highest BCUT2D eigenvalue weighted by Crippen LogP contribution is 2.37. The highest BCUT2D eigenvalue weighted by atomic mass is 32.2. The van der Waals surface area contributed by atoms with Gasteiger partial charge >= 0.3 is 0 Å². The highest BCUT2D eigenvalue weighted by Gasteiger charge is 2.12. The summed E-state index contributed by atoms with van der Waals surface area (Å²) in [6.07, 6.45) is 0. The van der Waals surface area contributed by atoms with E-state index in [9.17, 15) is 9.18 Å². The number of nitrogens with one attached hydrogen (secondary N) is 2. The molecule has 0 saturated carbocycles. The molecule has 3 nitrogen and oxygen atoms in total. The van der Waals surface area contributed by atoms with E-state index in [2.05, 4.69) is 17.4 Å². The van der Waals surface area contributed by atoms with Gasteiger partial charge in [-0.1, -0.05) is 92.9 Å². The lowest BCUT2D eigenvalue weighted by atomic mass is 10.00. The van der Waals surface area contributed by atoms with E-state index in [1.54, 1.807) is 23.9 Å². The van der Waals surface area contributed by atoms with Crippen molar-refractivity contribution < 1.29 is 9.18 Å². The van der Waals surface area contributed by atoms with Crippen molar-refractivity contribution in [2.75, 3.05) is 0 Å². The smallest absolute Gasteiger partial charge is 0.265 e. The molecular weight excluding hydrogens is 467 g/mol. The van der Waals surface area contributed by atoms with Crippen molar-refractivity contribution in [2.24, 2.45) is 0 Å². The Morgan fingerprint density at radius 1 is 0.833 bits per heavy atom. The molecule has 0 aromatic heterocycles. The van der Waals surface area contributed by atoms with Crippen LogP contribution in [0, 0.1) is 12.7 Å². The Hall–Kier alpha value is -3.67. The zero-order valence-electron chi connectivity index (χ0n) is 20.8. The van der Waals surface area contributed by atoms with Crippen LogP contribution in [0.4, 0.5) is 4.39 Å². The molecular formula is C31H31FN2OS. The minimum absolute atomic E-state index is 0.180. The highest BCUT2D eigenvalue weighted by molar-refractivity contribution is 7.99. The molecule has 0 saturated heterocycles. The number of rotatable bonds is 8. The van der Waals surface area contributed by atoms with E-state index in [1.807, 2.05) is 93.6 Å². The van der Waals surface area contributed by atoms with Gasteiger partial charge in [0.15, 0.2) is 0 Å². The Balaban J connectivity index is 0.00000176. The average Bonchev–Trinajstić information content (AvgIpc) is 2.92. The number of benzene rings is 4. The van der Waals surface area contributed by atoms with Gasteiger partial charge in [-0.15, -0.1) is 0 Å². The lowest BCUT2D eigenvalue weighted by Gasteiger charge is -2.14. The van der Waals surface area contributed by atoms with Crippen LogP contribution in [0.25, 0.3) is 5.57 Å². The molecule has 4 rings (SSSR count). The van der Waals surface area contributed by atoms with E-state index in [0.29, 0.717) is 12.1 Å². The predicted octanol–water partition coefficient (Wildman–Crippen LogP) is 7.81. The summed E-state index contributed by atoms with van der Waals surface area (Å²) in [7, 11) is 0. The first kappa shape index (κ1) is 26.9. The third-order valence-electron chi connectivity index (χ3n) is 5.40. The summed E-state index contributed by atoms with van der Waals surface area (Å²) >= 11 is 1.62. The van der Waals surface area contributed by atoms with Crippen LogP contribution < -0.4 is 10.9 Å². The van der Waals surface area contributed by atoms with Gasteiger partial charge < -0.3 is 0 Å². The molecule has 0 bridgehead atoms. The average molecular weight is 499 g/mol. The first-order valence-electron chi connectivity index (χ1n) is 11.9. The first-order valence-corrected chi connectivity index (χ1v) is 12.7. The van der Waals surface area contributed by atoms with E-state index in [4.69, 9.17) is 0 Å². The van der Waals surface area contributed by atoms with Gasteiger partial charge in [0.05, 0.1) is 0 Å². The zero-order valence-corrected chi connectivity index (χ0v) is 21.7. The molecule has 0 aliphatic rings. The Morgan fingerprint density at radius 3 is 2.17 bits per heavy atom. The zero-order chi connectivity index (χ0) is 25.9. The maximum Gasteiger partial charge on any atom is 0.265 e. The van der Waals surface area contributed by atoms with Crippen molar-refractivity contribution in [3.8, 4) is 0 Å². The molecule has 0 unspecified atom stereocenters. The van der Waals surface area contributed by atoms with Crippen molar-refractivity contribution in [1.29, 1.82) is 0 Å². The Bertz CT molecular complexity index is 1300. The molecule has 36 heavy (non-hydrogen) atoms. The van der Waals surface area contributed by atoms with Crippen molar-refractivity contribution >= 4 is 23.2 Å². The van der Waals surface area contributed by atoms with Crippen molar-refractivity contribution in [3.05, 3.63) is 137 Å². The minimum Gasteiger partial charge on any atom is -0.287 e. The maximum absolute atomic E-state index is 13.3. The predicted molar refractivity (Wildman–Crippen MR) is 148 cm³/mol. The number of hydrogen-bond donors (Lipinski definition) is 2. The van der Waals surface area contributed by atoms with E-state index >= 15 is 0 Å². The lowest BCUT2D eigenvalue weighted by molar-refractivity contribution is 0.0932. The summed E-state index contributed by atoms with van der Waals surface area (Å²) < 4.78 is 13.3. The van der Waals surface area contributed by atoms with Gasteiger partial charge in [-0.25, -0.2) is 9.82 Å². The fourth-order valence-corrected chi connectivity index (χ4v) is 4.57. The molecule has 0 spiro atoms. The van der Waals surface area contributed by atoms with Gasteiger partial charge in [0.25, 0.3) is 5.91 Å². The summed E-state index contributed by atoms with van der Waals surface area (Å²) in [5.74, 6) is -0.449. The molecule has 4 aromatic rings.